The van der Waals surface area contributed by atoms with Crippen LogP contribution >= 0.6 is 0 Å². The van der Waals surface area contributed by atoms with E-state index < -0.39 is 0 Å². The molecule has 0 aliphatic heterocycles. The van der Waals surface area contributed by atoms with Gasteiger partial charge in [0, 0.05) is 11.5 Å². The van der Waals surface area contributed by atoms with Gasteiger partial charge in [0.1, 0.15) is 0 Å². The van der Waals surface area contributed by atoms with Crippen LogP contribution in [0, 0.1) is 28.6 Å². The van der Waals surface area contributed by atoms with Gasteiger partial charge in [-0.15, -0.1) is 0 Å². The molecule has 4 saturated carbocycles. The highest BCUT2D eigenvalue weighted by Crippen LogP contribution is 2.61. The molecule has 4 aliphatic rings. The molecule has 2 heteroatoms. The Kier molecular flexibility index (Phi) is 3.00. The fraction of sp³-hybridized carbons (Fsp3) is 0.941. The second-order valence-electron chi connectivity index (χ2n) is 8.73. The number of carbonyl (C=O) groups excluding carboxylic acids is 1. The lowest BCUT2D eigenvalue weighted by atomic mass is 9.48. The van der Waals surface area contributed by atoms with Crippen molar-refractivity contribution in [2.45, 2.75) is 72.3 Å². The van der Waals surface area contributed by atoms with Crippen LogP contribution in [-0.2, 0) is 4.79 Å². The Balaban J connectivity index is 1.73. The van der Waals surface area contributed by atoms with E-state index in [4.69, 9.17) is 0 Å². The highest BCUT2D eigenvalue weighted by Gasteiger charge is 2.53. The molecule has 4 fully saturated rings. The first kappa shape index (κ1) is 13.5. The summed E-state index contributed by atoms with van der Waals surface area (Å²) in [5.74, 6) is 3.09. The monoisotopic (exact) mass is 263 g/mol. The number of hydrogen-bond acceptors (Lipinski definition) is 1. The fourth-order valence-electron chi connectivity index (χ4n) is 5.27. The Morgan fingerprint density at radius 3 is 1.84 bits per heavy atom. The van der Waals surface area contributed by atoms with Gasteiger partial charge in [0.05, 0.1) is 0 Å². The van der Waals surface area contributed by atoms with E-state index in [0.717, 1.165) is 17.8 Å². The van der Waals surface area contributed by atoms with E-state index in [1.807, 2.05) is 20.8 Å². The highest BCUT2D eigenvalue weighted by atomic mass is 16.2. The van der Waals surface area contributed by atoms with Crippen molar-refractivity contribution < 1.29 is 4.79 Å². The van der Waals surface area contributed by atoms with Gasteiger partial charge < -0.3 is 5.32 Å². The minimum absolute atomic E-state index is 0.218. The lowest BCUT2D eigenvalue weighted by Gasteiger charge is -2.59. The Morgan fingerprint density at radius 2 is 1.47 bits per heavy atom. The summed E-state index contributed by atoms with van der Waals surface area (Å²) < 4.78 is 0. The third-order valence-corrected chi connectivity index (χ3v) is 6.03. The topological polar surface area (TPSA) is 29.1 Å². The molecule has 1 N–H and O–H groups in total. The molecule has 19 heavy (non-hydrogen) atoms. The molecule has 1 atom stereocenters. The molecule has 2 nitrogen and oxygen atoms in total. The zero-order valence-corrected chi connectivity index (χ0v) is 13.0. The van der Waals surface area contributed by atoms with Crippen molar-refractivity contribution in [3.63, 3.8) is 0 Å². The molecular weight excluding hydrogens is 234 g/mol. The zero-order chi connectivity index (χ0) is 13.8. The summed E-state index contributed by atoms with van der Waals surface area (Å²) in [5.41, 5.74) is 0.159. The predicted molar refractivity (Wildman–Crippen MR) is 77.7 cm³/mol. The van der Waals surface area contributed by atoms with Gasteiger partial charge in [-0.2, -0.15) is 0 Å². The van der Waals surface area contributed by atoms with Gasteiger partial charge >= 0.3 is 0 Å². The minimum Gasteiger partial charge on any atom is -0.353 e. The summed E-state index contributed by atoms with van der Waals surface area (Å²) in [4.78, 5) is 12.3. The second-order valence-corrected chi connectivity index (χ2v) is 8.73. The van der Waals surface area contributed by atoms with E-state index in [0.29, 0.717) is 11.5 Å². The molecule has 0 unspecified atom stereocenters. The SMILES string of the molecule is C[C@H](NC(=O)C(C)(C)C)C12CC3CC(CC(C3)C1)C2. The largest absolute Gasteiger partial charge is 0.353 e. The molecule has 0 aromatic heterocycles. The van der Waals surface area contributed by atoms with Crippen molar-refractivity contribution in [1.29, 1.82) is 0 Å². The maximum absolute atomic E-state index is 12.3. The maximum atomic E-state index is 12.3. The highest BCUT2D eigenvalue weighted by molar-refractivity contribution is 5.81. The maximum Gasteiger partial charge on any atom is 0.225 e. The van der Waals surface area contributed by atoms with Crippen LogP contribution in [0.5, 0.6) is 0 Å². The van der Waals surface area contributed by atoms with Crippen LogP contribution in [0.4, 0.5) is 0 Å². The summed E-state index contributed by atoms with van der Waals surface area (Å²) in [6.07, 6.45) is 8.51. The van der Waals surface area contributed by atoms with Gasteiger partial charge in [0.2, 0.25) is 5.91 Å². The van der Waals surface area contributed by atoms with Crippen LogP contribution < -0.4 is 5.32 Å². The first-order valence-electron chi connectivity index (χ1n) is 8.09. The normalized spacial score (nSPS) is 42.2. The van der Waals surface area contributed by atoms with E-state index in [9.17, 15) is 4.79 Å². The van der Waals surface area contributed by atoms with E-state index in [1.54, 1.807) is 0 Å². The summed E-state index contributed by atoms with van der Waals surface area (Å²) in [6, 6.07) is 0.354. The lowest BCUT2D eigenvalue weighted by Crippen LogP contribution is -2.57. The Hall–Kier alpha value is -0.530. The third kappa shape index (κ3) is 2.32. The van der Waals surface area contributed by atoms with E-state index >= 15 is 0 Å². The molecule has 4 rings (SSSR count). The van der Waals surface area contributed by atoms with Gasteiger partial charge in [-0.25, -0.2) is 0 Å². The van der Waals surface area contributed by atoms with Crippen molar-refractivity contribution in [3.8, 4) is 0 Å². The average molecular weight is 263 g/mol. The van der Waals surface area contributed by atoms with Crippen LogP contribution in [0.15, 0.2) is 0 Å². The zero-order valence-electron chi connectivity index (χ0n) is 13.0. The van der Waals surface area contributed by atoms with Gasteiger partial charge in [-0.05, 0) is 68.6 Å². The Bertz CT molecular complexity index is 344. The van der Waals surface area contributed by atoms with Gasteiger partial charge in [-0.1, -0.05) is 20.8 Å². The molecule has 1 amide bonds. The van der Waals surface area contributed by atoms with Crippen molar-refractivity contribution >= 4 is 5.91 Å². The fourth-order valence-corrected chi connectivity index (χ4v) is 5.27. The predicted octanol–water partition coefficient (Wildman–Crippen LogP) is 3.75. The number of amides is 1. The number of nitrogens with one attached hydrogen (secondary N) is 1. The molecule has 0 spiro atoms. The first-order chi connectivity index (χ1) is 8.78. The van der Waals surface area contributed by atoms with Crippen molar-refractivity contribution in [3.05, 3.63) is 0 Å². The molecule has 0 radical (unpaired) electrons. The second kappa shape index (κ2) is 4.23. The average Bonchev–Trinajstić information content (AvgIpc) is 2.25. The number of carbonyl (C=O) groups is 1. The summed E-state index contributed by atoms with van der Waals surface area (Å²) in [6.45, 7) is 8.29. The van der Waals surface area contributed by atoms with E-state index in [1.165, 1.54) is 38.5 Å². The molecule has 4 bridgehead atoms. The lowest BCUT2D eigenvalue weighted by molar-refractivity contribution is -0.133. The molecule has 108 valence electrons. The Labute approximate surface area is 117 Å². The molecular formula is C17H29NO. The Morgan fingerprint density at radius 1 is 1.05 bits per heavy atom. The van der Waals surface area contributed by atoms with Crippen molar-refractivity contribution in [1.82, 2.24) is 5.32 Å². The molecule has 0 aromatic carbocycles. The molecule has 4 aliphatic carbocycles. The van der Waals surface area contributed by atoms with Crippen LogP contribution in [0.3, 0.4) is 0 Å². The third-order valence-electron chi connectivity index (χ3n) is 6.03. The molecule has 0 aromatic rings. The summed E-state index contributed by atoms with van der Waals surface area (Å²) in [5, 5.41) is 3.34. The molecule has 0 heterocycles. The van der Waals surface area contributed by atoms with Gasteiger partial charge in [-0.3, -0.25) is 4.79 Å². The van der Waals surface area contributed by atoms with Crippen LogP contribution in [0.2, 0.25) is 0 Å². The van der Waals surface area contributed by atoms with Gasteiger partial charge in [0.25, 0.3) is 0 Å². The van der Waals surface area contributed by atoms with Crippen molar-refractivity contribution in [2.75, 3.05) is 0 Å². The van der Waals surface area contributed by atoms with Crippen molar-refractivity contribution in [2.24, 2.45) is 28.6 Å². The van der Waals surface area contributed by atoms with E-state index in [-0.39, 0.29) is 11.3 Å². The van der Waals surface area contributed by atoms with Gasteiger partial charge in [0.15, 0.2) is 0 Å². The standard InChI is InChI=1S/C17H29NO/c1-11(18-15(19)16(2,3)4)17-8-12-5-13(9-17)7-14(6-12)10-17/h11-14H,5-10H2,1-4H3,(H,18,19)/t11-,12?,13?,14?,17?/m0/s1. The number of hydrogen-bond donors (Lipinski definition) is 1. The van der Waals surface area contributed by atoms with Crippen LogP contribution in [0.1, 0.15) is 66.2 Å². The number of rotatable bonds is 2. The smallest absolute Gasteiger partial charge is 0.225 e. The van der Waals surface area contributed by atoms with Crippen LogP contribution in [-0.4, -0.2) is 11.9 Å². The first-order valence-corrected chi connectivity index (χ1v) is 8.09. The van der Waals surface area contributed by atoms with E-state index in [2.05, 4.69) is 12.2 Å². The minimum atomic E-state index is -0.267. The quantitative estimate of drug-likeness (QED) is 0.807. The summed E-state index contributed by atoms with van der Waals surface area (Å²) >= 11 is 0. The molecule has 0 saturated heterocycles. The van der Waals surface area contributed by atoms with Crippen LogP contribution in [0.25, 0.3) is 0 Å². The summed E-state index contributed by atoms with van der Waals surface area (Å²) in [7, 11) is 0.